The van der Waals surface area contributed by atoms with Crippen LogP contribution in [0.15, 0.2) is 47.1 Å². The number of carbonyl (C=O) groups is 2. The van der Waals surface area contributed by atoms with Crippen LogP contribution < -0.4 is 10.2 Å². The SMILES string of the molecule is Cc1cc(NC(=O)c2cc(C)n(Cc3ccco3)c2C)ccc1N1CCCC1=O. The largest absolute Gasteiger partial charge is 0.467 e. The molecule has 29 heavy (non-hydrogen) atoms. The van der Waals surface area contributed by atoms with Crippen molar-refractivity contribution in [1.82, 2.24) is 4.57 Å². The van der Waals surface area contributed by atoms with E-state index in [9.17, 15) is 9.59 Å². The molecule has 4 rings (SSSR count). The minimum atomic E-state index is -0.145. The van der Waals surface area contributed by atoms with Crippen LogP contribution in [0.5, 0.6) is 0 Å². The first kappa shape index (κ1) is 19.1. The van der Waals surface area contributed by atoms with E-state index >= 15 is 0 Å². The van der Waals surface area contributed by atoms with Gasteiger partial charge >= 0.3 is 0 Å². The molecule has 1 fully saturated rings. The number of aromatic nitrogens is 1. The Labute approximate surface area is 170 Å². The molecule has 0 bridgehead atoms. The smallest absolute Gasteiger partial charge is 0.257 e. The number of nitrogens with zero attached hydrogens (tertiary/aromatic N) is 2. The van der Waals surface area contributed by atoms with E-state index in [1.807, 2.05) is 62.1 Å². The number of hydrogen-bond donors (Lipinski definition) is 1. The predicted octanol–water partition coefficient (Wildman–Crippen LogP) is 4.43. The summed E-state index contributed by atoms with van der Waals surface area (Å²) in [5.41, 5.74) is 5.16. The molecule has 150 valence electrons. The Morgan fingerprint density at radius 2 is 2.00 bits per heavy atom. The summed E-state index contributed by atoms with van der Waals surface area (Å²) in [7, 11) is 0. The van der Waals surface area contributed by atoms with Gasteiger partial charge in [-0.25, -0.2) is 0 Å². The third-order valence-electron chi connectivity index (χ3n) is 5.53. The number of furan rings is 1. The minimum absolute atomic E-state index is 0.145. The van der Waals surface area contributed by atoms with Gasteiger partial charge in [0.25, 0.3) is 5.91 Å². The maximum atomic E-state index is 12.9. The number of amides is 2. The van der Waals surface area contributed by atoms with E-state index in [1.54, 1.807) is 6.26 Å². The highest BCUT2D eigenvalue weighted by atomic mass is 16.3. The normalized spacial score (nSPS) is 13.9. The fourth-order valence-electron chi connectivity index (χ4n) is 3.97. The van der Waals surface area contributed by atoms with Crippen LogP contribution in [-0.4, -0.2) is 22.9 Å². The lowest BCUT2D eigenvalue weighted by molar-refractivity contribution is -0.117. The third-order valence-corrected chi connectivity index (χ3v) is 5.53. The van der Waals surface area contributed by atoms with Crippen LogP contribution in [0.2, 0.25) is 0 Å². The Hall–Kier alpha value is -3.28. The monoisotopic (exact) mass is 391 g/mol. The molecule has 2 amide bonds. The molecule has 6 heteroatoms. The lowest BCUT2D eigenvalue weighted by Crippen LogP contribution is -2.24. The molecular formula is C23H25N3O3. The summed E-state index contributed by atoms with van der Waals surface area (Å²) in [6, 6.07) is 11.4. The zero-order chi connectivity index (χ0) is 20.5. The van der Waals surface area contributed by atoms with Gasteiger partial charge in [-0.05, 0) is 69.2 Å². The molecule has 3 heterocycles. The summed E-state index contributed by atoms with van der Waals surface area (Å²) in [5, 5.41) is 2.99. The van der Waals surface area contributed by atoms with Crippen molar-refractivity contribution in [3.05, 3.63) is 70.9 Å². The van der Waals surface area contributed by atoms with Gasteiger partial charge in [-0.15, -0.1) is 0 Å². The zero-order valence-electron chi connectivity index (χ0n) is 17.0. The van der Waals surface area contributed by atoms with E-state index in [-0.39, 0.29) is 11.8 Å². The second-order valence-corrected chi connectivity index (χ2v) is 7.55. The van der Waals surface area contributed by atoms with E-state index in [4.69, 9.17) is 4.42 Å². The summed E-state index contributed by atoms with van der Waals surface area (Å²) in [4.78, 5) is 26.7. The number of hydrogen-bond acceptors (Lipinski definition) is 3. The van der Waals surface area contributed by atoms with Crippen LogP contribution in [0.3, 0.4) is 0 Å². The molecule has 0 aliphatic carbocycles. The topological polar surface area (TPSA) is 67.5 Å². The maximum absolute atomic E-state index is 12.9. The first-order chi connectivity index (χ1) is 13.9. The fraction of sp³-hybridized carbons (Fsp3) is 0.304. The molecule has 1 aliphatic heterocycles. The van der Waals surface area contributed by atoms with Crippen LogP contribution in [0, 0.1) is 20.8 Å². The molecule has 1 aliphatic rings. The fourth-order valence-corrected chi connectivity index (χ4v) is 3.97. The summed E-state index contributed by atoms with van der Waals surface area (Å²) in [6.45, 7) is 7.24. The van der Waals surface area contributed by atoms with E-state index in [0.717, 1.165) is 47.1 Å². The first-order valence-electron chi connectivity index (χ1n) is 9.85. The maximum Gasteiger partial charge on any atom is 0.257 e. The lowest BCUT2D eigenvalue weighted by Gasteiger charge is -2.19. The average Bonchev–Trinajstić information content (AvgIpc) is 3.40. The van der Waals surface area contributed by atoms with Crippen molar-refractivity contribution in [2.24, 2.45) is 0 Å². The summed E-state index contributed by atoms with van der Waals surface area (Å²) in [6.07, 6.45) is 3.15. The predicted molar refractivity (Wildman–Crippen MR) is 112 cm³/mol. The van der Waals surface area contributed by atoms with E-state index in [1.165, 1.54) is 0 Å². The zero-order valence-corrected chi connectivity index (χ0v) is 17.0. The molecule has 0 radical (unpaired) electrons. The first-order valence-corrected chi connectivity index (χ1v) is 9.85. The van der Waals surface area contributed by atoms with Crippen molar-refractivity contribution in [2.75, 3.05) is 16.8 Å². The minimum Gasteiger partial charge on any atom is -0.467 e. The number of nitrogens with one attached hydrogen (secondary N) is 1. The molecule has 0 unspecified atom stereocenters. The summed E-state index contributed by atoms with van der Waals surface area (Å²) in [5.74, 6) is 0.864. The molecule has 0 atom stereocenters. The summed E-state index contributed by atoms with van der Waals surface area (Å²) < 4.78 is 7.51. The summed E-state index contributed by atoms with van der Waals surface area (Å²) >= 11 is 0. The van der Waals surface area contributed by atoms with Crippen molar-refractivity contribution in [1.29, 1.82) is 0 Å². The van der Waals surface area contributed by atoms with E-state index in [0.29, 0.717) is 18.5 Å². The van der Waals surface area contributed by atoms with Crippen molar-refractivity contribution >= 4 is 23.2 Å². The van der Waals surface area contributed by atoms with Crippen molar-refractivity contribution < 1.29 is 14.0 Å². The van der Waals surface area contributed by atoms with Crippen molar-refractivity contribution in [2.45, 2.75) is 40.2 Å². The van der Waals surface area contributed by atoms with Gasteiger partial charge in [0.05, 0.1) is 18.4 Å². The third kappa shape index (κ3) is 3.70. The highest BCUT2D eigenvalue weighted by Crippen LogP contribution is 2.28. The number of benzene rings is 1. The van der Waals surface area contributed by atoms with Gasteiger partial charge in [0.2, 0.25) is 5.91 Å². The molecule has 0 spiro atoms. The number of aryl methyl sites for hydroxylation is 2. The van der Waals surface area contributed by atoms with Gasteiger partial charge in [-0.3, -0.25) is 9.59 Å². The number of rotatable bonds is 5. The van der Waals surface area contributed by atoms with Crippen LogP contribution in [0.1, 0.15) is 45.9 Å². The van der Waals surface area contributed by atoms with Gasteiger partial charge in [-0.1, -0.05) is 0 Å². The molecule has 3 aromatic rings. The van der Waals surface area contributed by atoms with Gasteiger partial charge in [0.15, 0.2) is 0 Å². The van der Waals surface area contributed by atoms with E-state index in [2.05, 4.69) is 9.88 Å². The highest BCUT2D eigenvalue weighted by Gasteiger charge is 2.23. The molecule has 1 aromatic carbocycles. The van der Waals surface area contributed by atoms with Crippen LogP contribution >= 0.6 is 0 Å². The van der Waals surface area contributed by atoms with Crippen molar-refractivity contribution in [3.63, 3.8) is 0 Å². The Morgan fingerprint density at radius 1 is 1.17 bits per heavy atom. The Balaban J connectivity index is 1.52. The average molecular weight is 391 g/mol. The van der Waals surface area contributed by atoms with E-state index < -0.39 is 0 Å². The molecule has 1 N–H and O–H groups in total. The van der Waals surface area contributed by atoms with Crippen LogP contribution in [0.4, 0.5) is 11.4 Å². The lowest BCUT2D eigenvalue weighted by atomic mass is 10.1. The standard InChI is InChI=1S/C23H25N3O3/c1-15-12-18(8-9-21(15)25-10-4-7-22(25)27)24-23(28)20-13-16(2)26(17(20)3)14-19-6-5-11-29-19/h5-6,8-9,11-13H,4,7,10,14H2,1-3H3,(H,24,28). The van der Waals surface area contributed by atoms with Crippen LogP contribution in [0.25, 0.3) is 0 Å². The number of anilines is 2. The molecule has 2 aromatic heterocycles. The number of carbonyl (C=O) groups excluding carboxylic acids is 2. The second-order valence-electron chi connectivity index (χ2n) is 7.55. The van der Waals surface area contributed by atoms with Gasteiger partial charge in [0.1, 0.15) is 5.76 Å². The Bertz CT molecular complexity index is 1060. The molecular weight excluding hydrogens is 366 g/mol. The molecule has 1 saturated heterocycles. The van der Waals surface area contributed by atoms with Crippen LogP contribution in [-0.2, 0) is 11.3 Å². The quantitative estimate of drug-likeness (QED) is 0.699. The molecule has 0 saturated carbocycles. The van der Waals surface area contributed by atoms with Gasteiger partial charge in [0, 0.05) is 35.7 Å². The highest BCUT2D eigenvalue weighted by molar-refractivity contribution is 6.05. The Kier molecular flexibility index (Phi) is 5.01. The van der Waals surface area contributed by atoms with Crippen molar-refractivity contribution in [3.8, 4) is 0 Å². The Morgan fingerprint density at radius 3 is 2.66 bits per heavy atom. The van der Waals surface area contributed by atoms with Gasteiger partial charge in [-0.2, -0.15) is 0 Å². The molecule has 6 nitrogen and oxygen atoms in total. The second kappa shape index (κ2) is 7.62. The van der Waals surface area contributed by atoms with Gasteiger partial charge < -0.3 is 19.2 Å².